The van der Waals surface area contributed by atoms with E-state index < -0.39 is 0 Å². The van der Waals surface area contributed by atoms with E-state index in [1.807, 2.05) is 49.2 Å². The second-order valence-corrected chi connectivity index (χ2v) is 9.33. The van der Waals surface area contributed by atoms with Crippen LogP contribution < -0.4 is 10.1 Å². The van der Waals surface area contributed by atoms with Crippen molar-refractivity contribution >= 4 is 17.9 Å². The van der Waals surface area contributed by atoms with E-state index >= 15 is 0 Å². The summed E-state index contributed by atoms with van der Waals surface area (Å²) in [6, 6.07) is 12.0. The third kappa shape index (κ3) is 4.98. The summed E-state index contributed by atoms with van der Waals surface area (Å²) in [7, 11) is 0. The smallest absolute Gasteiger partial charge is 0.323 e. The second-order valence-electron chi connectivity index (χ2n) is 9.33. The molecule has 7 heteroatoms. The van der Waals surface area contributed by atoms with Gasteiger partial charge in [-0.3, -0.25) is 10.3 Å². The number of amides is 2. The number of nitrogens with one attached hydrogen (secondary N) is 1. The highest BCUT2D eigenvalue weighted by atomic mass is 16.5. The van der Waals surface area contributed by atoms with E-state index in [1.165, 1.54) is 18.4 Å². The number of urea groups is 1. The number of hydrogen-bond donors (Lipinski definition) is 1. The molecule has 2 aromatic heterocycles. The van der Waals surface area contributed by atoms with Gasteiger partial charge in [-0.1, -0.05) is 35.9 Å². The van der Waals surface area contributed by atoms with Crippen molar-refractivity contribution in [2.24, 2.45) is 5.92 Å². The van der Waals surface area contributed by atoms with Gasteiger partial charge in [0.15, 0.2) is 5.82 Å². The molecule has 34 heavy (non-hydrogen) atoms. The van der Waals surface area contributed by atoms with Gasteiger partial charge in [0.05, 0.1) is 6.20 Å². The van der Waals surface area contributed by atoms with Gasteiger partial charge in [0, 0.05) is 30.3 Å². The molecular formula is C27H30N4O3. The number of aryl methyl sites for hydroxylation is 1. The first-order chi connectivity index (χ1) is 16.5. The van der Waals surface area contributed by atoms with Gasteiger partial charge < -0.3 is 14.2 Å². The van der Waals surface area contributed by atoms with Gasteiger partial charge in [-0.05, 0) is 68.9 Å². The Morgan fingerprint density at radius 2 is 2.06 bits per heavy atom. The molecule has 2 fully saturated rings. The van der Waals surface area contributed by atoms with Crippen LogP contribution in [0.25, 0.3) is 6.08 Å². The average Bonchev–Trinajstić information content (AvgIpc) is 3.64. The highest BCUT2D eigenvalue weighted by Gasteiger charge is 2.26. The molecule has 0 spiro atoms. The lowest BCUT2D eigenvalue weighted by Crippen LogP contribution is -2.42. The Bertz CT molecular complexity index is 1210. The molecule has 1 N–H and O–H groups in total. The molecule has 3 heterocycles. The zero-order valence-electron chi connectivity index (χ0n) is 19.9. The molecule has 1 aliphatic heterocycles. The number of carbonyl (C=O) groups is 1. The molecule has 5 rings (SSSR count). The first-order valence-corrected chi connectivity index (χ1v) is 11.9. The van der Waals surface area contributed by atoms with Gasteiger partial charge in [-0.2, -0.15) is 0 Å². The third-order valence-corrected chi connectivity index (χ3v) is 6.67. The predicted octanol–water partition coefficient (Wildman–Crippen LogP) is 6.31. The van der Waals surface area contributed by atoms with Crippen LogP contribution in [0.1, 0.15) is 54.7 Å². The third-order valence-electron chi connectivity index (χ3n) is 6.67. The number of nitrogens with zero attached hydrogens (tertiary/aromatic N) is 3. The zero-order chi connectivity index (χ0) is 23.7. The predicted molar refractivity (Wildman–Crippen MR) is 131 cm³/mol. The number of hydrogen-bond acceptors (Lipinski definition) is 5. The molecule has 1 aromatic carbocycles. The number of aromatic nitrogens is 2. The molecule has 1 atom stereocenters. The molecule has 3 aromatic rings. The number of benzene rings is 1. The van der Waals surface area contributed by atoms with Crippen molar-refractivity contribution in [2.75, 3.05) is 18.4 Å². The van der Waals surface area contributed by atoms with E-state index in [-0.39, 0.29) is 11.9 Å². The number of carbonyl (C=O) groups excluding carboxylic acids is 1. The van der Waals surface area contributed by atoms with E-state index in [0.717, 1.165) is 34.7 Å². The maximum Gasteiger partial charge on any atom is 0.323 e. The Morgan fingerprint density at radius 1 is 1.21 bits per heavy atom. The minimum Gasteiger partial charge on any atom is -0.456 e. The summed E-state index contributed by atoms with van der Waals surface area (Å²) < 4.78 is 11.2. The zero-order valence-corrected chi connectivity index (χ0v) is 19.9. The van der Waals surface area contributed by atoms with Crippen LogP contribution in [-0.4, -0.2) is 34.2 Å². The Balaban J connectivity index is 1.21. The van der Waals surface area contributed by atoms with Gasteiger partial charge in [0.1, 0.15) is 17.3 Å². The SMILES string of the molecule is Cc1onc(NC(=O)N2CC/C(=C\c3cccc(Oc4ccc(C5CC5)nc4)c3)C(C)C2)c1C. The van der Waals surface area contributed by atoms with E-state index in [0.29, 0.717) is 30.6 Å². The molecule has 176 valence electrons. The Labute approximate surface area is 199 Å². The fourth-order valence-corrected chi connectivity index (χ4v) is 4.25. The average molecular weight is 459 g/mol. The minimum atomic E-state index is -0.140. The van der Waals surface area contributed by atoms with E-state index in [2.05, 4.69) is 40.6 Å². The van der Waals surface area contributed by atoms with Crippen molar-refractivity contribution in [1.29, 1.82) is 0 Å². The summed E-state index contributed by atoms with van der Waals surface area (Å²) in [5.74, 6) is 3.64. The summed E-state index contributed by atoms with van der Waals surface area (Å²) in [4.78, 5) is 19.1. The summed E-state index contributed by atoms with van der Waals surface area (Å²) in [5.41, 5.74) is 4.43. The number of pyridine rings is 1. The first-order valence-electron chi connectivity index (χ1n) is 11.9. The molecule has 0 radical (unpaired) electrons. The normalized spacial score (nSPS) is 19.3. The van der Waals surface area contributed by atoms with Crippen molar-refractivity contribution in [3.63, 3.8) is 0 Å². The van der Waals surface area contributed by atoms with E-state index in [9.17, 15) is 4.79 Å². The lowest BCUT2D eigenvalue weighted by Gasteiger charge is -2.33. The molecule has 1 saturated heterocycles. The van der Waals surface area contributed by atoms with E-state index in [4.69, 9.17) is 9.26 Å². The van der Waals surface area contributed by atoms with Gasteiger partial charge in [0.25, 0.3) is 0 Å². The largest absolute Gasteiger partial charge is 0.456 e. The van der Waals surface area contributed by atoms with Crippen LogP contribution in [0.2, 0.25) is 0 Å². The number of ether oxygens (including phenoxy) is 1. The van der Waals surface area contributed by atoms with Crippen molar-refractivity contribution in [1.82, 2.24) is 15.0 Å². The molecule has 7 nitrogen and oxygen atoms in total. The summed E-state index contributed by atoms with van der Waals surface area (Å²) in [5, 5.41) is 6.80. The second kappa shape index (κ2) is 9.33. The lowest BCUT2D eigenvalue weighted by molar-refractivity contribution is 0.197. The van der Waals surface area contributed by atoms with Gasteiger partial charge in [0.2, 0.25) is 0 Å². The number of likely N-dealkylation sites (tertiary alicyclic amines) is 1. The molecule has 2 aliphatic rings. The quantitative estimate of drug-likeness (QED) is 0.484. The van der Waals surface area contributed by atoms with Gasteiger partial charge in [-0.15, -0.1) is 0 Å². The highest BCUT2D eigenvalue weighted by Crippen LogP contribution is 2.39. The number of anilines is 1. The summed E-state index contributed by atoms with van der Waals surface area (Å²) >= 11 is 0. The Hall–Kier alpha value is -3.61. The fourth-order valence-electron chi connectivity index (χ4n) is 4.25. The molecule has 1 unspecified atom stereocenters. The van der Waals surface area contributed by atoms with Gasteiger partial charge in [-0.25, -0.2) is 4.79 Å². The highest BCUT2D eigenvalue weighted by molar-refractivity contribution is 5.89. The van der Waals surface area contributed by atoms with Crippen LogP contribution in [0, 0.1) is 19.8 Å². The fraction of sp³-hybridized carbons (Fsp3) is 0.370. The van der Waals surface area contributed by atoms with Gasteiger partial charge >= 0.3 is 6.03 Å². The van der Waals surface area contributed by atoms with Crippen molar-refractivity contribution in [2.45, 2.75) is 46.0 Å². The number of rotatable bonds is 5. The van der Waals surface area contributed by atoms with Crippen LogP contribution in [0.3, 0.4) is 0 Å². The molecule has 2 amide bonds. The monoisotopic (exact) mass is 458 g/mol. The van der Waals surface area contributed by atoms with Crippen molar-refractivity contribution < 1.29 is 14.1 Å². The topological polar surface area (TPSA) is 80.5 Å². The summed E-state index contributed by atoms with van der Waals surface area (Å²) in [6.07, 6.45) is 7.33. The standard InChI is InChI=1S/C27H30N4O3/c1-17-16-31(27(32)29-26-18(2)19(3)34-30-26)12-11-22(17)13-20-5-4-6-23(14-20)33-24-9-10-25(28-15-24)21-7-8-21/h4-6,9-10,13-15,17,21H,7-8,11-12,16H2,1-3H3,(H,29,30,32)/b22-13+. The maximum atomic E-state index is 12.7. The van der Waals surface area contributed by atoms with Crippen LogP contribution in [0.15, 0.2) is 52.7 Å². The lowest BCUT2D eigenvalue weighted by atomic mass is 9.91. The Kier molecular flexibility index (Phi) is 6.09. The Morgan fingerprint density at radius 3 is 2.74 bits per heavy atom. The minimum absolute atomic E-state index is 0.140. The maximum absolute atomic E-state index is 12.7. The molecular weight excluding hydrogens is 428 g/mol. The van der Waals surface area contributed by atoms with Crippen LogP contribution in [0.5, 0.6) is 11.5 Å². The van der Waals surface area contributed by atoms with Crippen LogP contribution in [-0.2, 0) is 0 Å². The van der Waals surface area contributed by atoms with Crippen LogP contribution >= 0.6 is 0 Å². The molecule has 1 aliphatic carbocycles. The summed E-state index contributed by atoms with van der Waals surface area (Å²) in [6.45, 7) is 7.19. The van der Waals surface area contributed by atoms with E-state index in [1.54, 1.807) is 0 Å². The molecule has 0 bridgehead atoms. The van der Waals surface area contributed by atoms with Crippen molar-refractivity contribution in [3.8, 4) is 11.5 Å². The van der Waals surface area contributed by atoms with Crippen molar-refractivity contribution in [3.05, 3.63) is 70.7 Å². The number of piperidine rings is 1. The molecule has 1 saturated carbocycles. The first kappa shape index (κ1) is 22.2. The van der Waals surface area contributed by atoms with Crippen LogP contribution in [0.4, 0.5) is 10.6 Å².